The molecule has 5 heterocycles. The minimum atomic E-state index is -0.407. The number of halogens is 3. The molecule has 0 saturated heterocycles. The predicted octanol–water partition coefficient (Wildman–Crippen LogP) is 21.6. The van der Waals surface area contributed by atoms with Crippen LogP contribution < -0.4 is 9.47 Å². The fraction of sp³-hybridized carbons (Fsp3) is 0.301. The third-order valence-corrected chi connectivity index (χ3v) is 23.3. The van der Waals surface area contributed by atoms with Gasteiger partial charge in [0.2, 0.25) is 0 Å². The number of nitriles is 1. The van der Waals surface area contributed by atoms with E-state index in [1.54, 1.807) is 78.0 Å². The number of fused-ring (bicyclic) bond motifs is 5. The monoisotopic (exact) mass is 1760 g/mol. The van der Waals surface area contributed by atoms with E-state index >= 15 is 0 Å². The normalized spacial score (nSPS) is 12.5. The zero-order valence-corrected chi connectivity index (χ0v) is 74.1. The molecule has 0 unspecified atom stereocenters. The molecule has 17 rings (SSSR count). The Labute approximate surface area is 751 Å². The molecular formula is C103H103F3N12O12. The largest absolute Gasteiger partial charge is 0.494 e. The summed E-state index contributed by atoms with van der Waals surface area (Å²) in [5.74, 6) is -0.0849. The molecule has 130 heavy (non-hydrogen) atoms. The maximum atomic E-state index is 14.9. The molecule has 2 saturated carbocycles. The lowest BCUT2D eigenvalue weighted by molar-refractivity contribution is -0.142. The highest BCUT2D eigenvalue weighted by atomic mass is 19.1. The van der Waals surface area contributed by atoms with E-state index in [1.807, 2.05) is 160 Å². The molecule has 0 amide bonds. The Balaban J connectivity index is 0.000000140. The number of carbonyl (C=O) groups is 5. The first kappa shape index (κ1) is 92.9. The van der Waals surface area contributed by atoms with Gasteiger partial charge < -0.3 is 33.2 Å². The molecule has 0 radical (unpaired) electrons. The zero-order valence-electron chi connectivity index (χ0n) is 74.1. The Morgan fingerprint density at radius 3 is 1.18 bits per heavy atom. The minimum absolute atomic E-state index is 0.00864. The second-order valence-electron chi connectivity index (χ2n) is 32.0. The molecule has 0 atom stereocenters. The number of methoxy groups -OCH3 is 5. The first-order valence-corrected chi connectivity index (χ1v) is 43.4. The molecule has 0 spiro atoms. The molecule has 0 N–H and O–H groups in total. The topological polar surface area (TPSA) is 267 Å². The summed E-state index contributed by atoms with van der Waals surface area (Å²) in [6, 6.07) is 65.5. The highest BCUT2D eigenvalue weighted by Crippen LogP contribution is 2.39. The molecule has 27 heteroatoms. The van der Waals surface area contributed by atoms with Gasteiger partial charge in [-0.2, -0.15) is 30.8 Å². The summed E-state index contributed by atoms with van der Waals surface area (Å²) >= 11 is 0. The summed E-state index contributed by atoms with van der Waals surface area (Å²) < 4.78 is 87.5. The molecule has 5 aromatic heterocycles. The molecule has 668 valence electrons. The van der Waals surface area contributed by atoms with Crippen LogP contribution in [-0.4, -0.2) is 128 Å². The van der Waals surface area contributed by atoms with Gasteiger partial charge in [0.1, 0.15) is 84.5 Å². The van der Waals surface area contributed by atoms with Crippen LogP contribution in [-0.2, 0) is 80.4 Å². The van der Waals surface area contributed by atoms with Gasteiger partial charge in [-0.05, 0) is 154 Å². The Morgan fingerprint density at radius 2 is 0.746 bits per heavy atom. The van der Waals surface area contributed by atoms with E-state index < -0.39 is 17.9 Å². The highest BCUT2D eigenvalue weighted by Gasteiger charge is 2.26. The van der Waals surface area contributed by atoms with Crippen LogP contribution in [0, 0.1) is 68.0 Å². The van der Waals surface area contributed by atoms with Crippen molar-refractivity contribution in [1.29, 1.82) is 5.26 Å². The fourth-order valence-electron chi connectivity index (χ4n) is 16.7. The molecule has 2 fully saturated rings. The van der Waals surface area contributed by atoms with Gasteiger partial charge in [0.25, 0.3) is 0 Å². The molecule has 2 aliphatic rings. The van der Waals surface area contributed by atoms with Crippen molar-refractivity contribution >= 4 is 90.0 Å². The number of ether oxygens (including phenoxy) is 7. The third kappa shape index (κ3) is 22.8. The Morgan fingerprint density at radius 1 is 0.392 bits per heavy atom. The van der Waals surface area contributed by atoms with E-state index in [-0.39, 0.29) is 62.1 Å². The second kappa shape index (κ2) is 44.6. The lowest BCUT2D eigenvalue weighted by Gasteiger charge is -2.21. The molecule has 0 bridgehead atoms. The van der Waals surface area contributed by atoms with Crippen molar-refractivity contribution in [1.82, 2.24) is 48.9 Å². The summed E-state index contributed by atoms with van der Waals surface area (Å²) in [5, 5.41) is 36.2. The number of carbonyl (C=O) groups excluding carboxylic acids is 5. The van der Waals surface area contributed by atoms with Crippen LogP contribution in [0.2, 0.25) is 0 Å². The van der Waals surface area contributed by atoms with Gasteiger partial charge in [0.05, 0.1) is 100 Å². The van der Waals surface area contributed by atoms with Gasteiger partial charge in [-0.25, -0.2) is 18.0 Å². The average molecular weight is 1760 g/mol. The van der Waals surface area contributed by atoms with Crippen LogP contribution in [0.15, 0.2) is 212 Å². The molecule has 2 aliphatic carbocycles. The molecular weight excluding hydrogens is 1650 g/mol. The van der Waals surface area contributed by atoms with Crippen LogP contribution in [0.5, 0.6) is 11.5 Å². The van der Waals surface area contributed by atoms with Crippen LogP contribution in [0.3, 0.4) is 0 Å². The van der Waals surface area contributed by atoms with Crippen LogP contribution in [0.25, 0.3) is 116 Å². The van der Waals surface area contributed by atoms with Gasteiger partial charge in [0, 0.05) is 49.2 Å². The van der Waals surface area contributed by atoms with Crippen molar-refractivity contribution in [3.05, 3.63) is 263 Å². The zero-order chi connectivity index (χ0) is 91.7. The number of aryl methyl sites for hydroxylation is 3. The smallest absolute Gasteiger partial charge is 0.327 e. The summed E-state index contributed by atoms with van der Waals surface area (Å²) in [6.07, 6.45) is 17.9. The van der Waals surface area contributed by atoms with Crippen molar-refractivity contribution in [2.45, 2.75) is 143 Å². The van der Waals surface area contributed by atoms with Crippen molar-refractivity contribution in [3.8, 4) is 73.9 Å². The summed E-state index contributed by atoms with van der Waals surface area (Å²) in [5.41, 5.74) is 13.8. The van der Waals surface area contributed by atoms with Gasteiger partial charge in [-0.1, -0.05) is 203 Å². The number of nitrogens with zero attached hydrogens (tertiary/aromatic N) is 12. The number of esters is 5. The van der Waals surface area contributed by atoms with E-state index in [0.29, 0.717) is 75.4 Å². The van der Waals surface area contributed by atoms with Gasteiger partial charge in [0.15, 0.2) is 5.69 Å². The quantitative estimate of drug-likeness (QED) is 0.0223. The molecule has 10 aromatic carbocycles. The SMILES string of the molecule is COC(=O)Cn1nc(-c2cc(C)ccc2F)c2cccc(C)c21.COC(=O)Cn1nc(-c2cc(OCCCC3CCCCC3)ccc2F)c2cccc(C)c21.COC(=O)Cn1nc(-c2cc(OCCCC3CCCCC3)ccc2F)c2ccccc21.COC(=O)Cn1nc(-c2ccccc2C#N)c2ccccc21.[C-]#[N+]c1cccc(-c2nn(CC(=O)OC)c3ccccc23)c1. The predicted molar refractivity (Wildman–Crippen MR) is 494 cm³/mol. The van der Waals surface area contributed by atoms with Crippen LogP contribution in [0.1, 0.15) is 112 Å². The Kier molecular flexibility index (Phi) is 31.9. The standard InChI is InChI=1S/C26H31FN2O3.C25H29FN2O3.C18H17FN2O2.2C17H13N3O2/c1-18-8-6-12-21-25(28-29(26(18)21)17-24(30)31-2)22-16-20(13-14-23(22)27)32-15-7-11-19-9-4-3-5-10-19;1-30-24(29)17-28-23-12-6-5-11-20(23)25(27-28)21-16-19(13-14-22(21)26)31-15-7-10-18-8-3-2-4-9-18;1-11-7-8-15(19)14(9-11)17-13-6-4-5-12(2)18(13)21(20-17)10-16(22)23-3;1-18-13-7-5-6-12(10-13)17-14-8-3-4-9-15(14)20(19-17)11-16(21)22-2;1-22-16(21)11-20-15-9-5-4-8-14(15)17(19-20)13-7-3-2-6-12(13)10-18/h6,8,12-14,16,19H,3-5,7,9-11,15,17H2,1-2H3;5-6,11-14,16,18H,2-4,7-10,15,17H2,1H3;4-9H,10H2,1-3H3;3-10H,11H2,2H3;2-9H,11H2,1H3. The van der Waals surface area contributed by atoms with Crippen LogP contribution >= 0.6 is 0 Å². The number of para-hydroxylation sites is 5. The summed E-state index contributed by atoms with van der Waals surface area (Å²) in [6.45, 7) is 14.2. The van der Waals surface area contributed by atoms with Crippen molar-refractivity contribution in [2.75, 3.05) is 48.8 Å². The van der Waals surface area contributed by atoms with E-state index in [4.69, 9.17) is 39.7 Å². The number of hydrogen-bond acceptors (Lipinski definition) is 18. The molecule has 24 nitrogen and oxygen atoms in total. The first-order chi connectivity index (χ1) is 63.2. The van der Waals surface area contributed by atoms with Gasteiger partial charge >= 0.3 is 29.8 Å². The molecule has 0 aliphatic heterocycles. The van der Waals surface area contributed by atoms with Gasteiger partial charge in [-0.15, -0.1) is 0 Å². The summed E-state index contributed by atoms with van der Waals surface area (Å²) in [4.78, 5) is 61.9. The average Bonchev–Trinajstić information content (AvgIpc) is 1.64. The first-order valence-electron chi connectivity index (χ1n) is 43.4. The van der Waals surface area contributed by atoms with E-state index in [9.17, 15) is 42.4 Å². The van der Waals surface area contributed by atoms with E-state index in [2.05, 4.69) is 36.4 Å². The van der Waals surface area contributed by atoms with Gasteiger partial charge in [-0.3, -0.25) is 47.4 Å². The lowest BCUT2D eigenvalue weighted by atomic mass is 9.86. The number of rotatable bonds is 25. The second-order valence-corrected chi connectivity index (χ2v) is 32.0. The fourth-order valence-corrected chi connectivity index (χ4v) is 16.7. The number of hydrogen-bond donors (Lipinski definition) is 0. The highest BCUT2D eigenvalue weighted by molar-refractivity contribution is 6.00. The van der Waals surface area contributed by atoms with Crippen molar-refractivity contribution in [2.24, 2.45) is 11.8 Å². The third-order valence-electron chi connectivity index (χ3n) is 23.3. The molecule has 15 aromatic rings. The maximum Gasteiger partial charge on any atom is 0.327 e. The van der Waals surface area contributed by atoms with Crippen LogP contribution in [0.4, 0.5) is 18.9 Å². The van der Waals surface area contributed by atoms with E-state index in [0.717, 1.165) is 113 Å². The number of aromatic nitrogens is 10. The maximum absolute atomic E-state index is 14.9. The Bertz CT molecular complexity index is 6640. The minimum Gasteiger partial charge on any atom is -0.494 e. The lowest BCUT2D eigenvalue weighted by Crippen LogP contribution is -2.13. The Hall–Kier alpha value is -14.7. The number of benzene rings is 10. The van der Waals surface area contributed by atoms with E-state index in [1.165, 1.54) is 131 Å². The summed E-state index contributed by atoms with van der Waals surface area (Å²) in [7, 11) is 6.72. The van der Waals surface area contributed by atoms with Crippen molar-refractivity contribution < 1.29 is 70.3 Å². The van der Waals surface area contributed by atoms with Crippen molar-refractivity contribution in [3.63, 3.8) is 0 Å².